The molecule has 0 unspecified atom stereocenters. The lowest BCUT2D eigenvalue weighted by molar-refractivity contribution is 0.487. The van der Waals surface area contributed by atoms with Crippen molar-refractivity contribution in [3.63, 3.8) is 0 Å². The summed E-state index contributed by atoms with van der Waals surface area (Å²) in [6.45, 7) is 6.78. The van der Waals surface area contributed by atoms with Gasteiger partial charge in [-0.15, -0.1) is 46.7 Å². The molecule has 0 bridgehead atoms. The number of aromatic nitrogens is 1. The number of hydrogen-bond acceptors (Lipinski definition) is 4. The summed E-state index contributed by atoms with van der Waals surface area (Å²) < 4.78 is 0. The topological polar surface area (TPSA) is 40.5 Å². The normalized spacial score (nSPS) is 11.2. The van der Waals surface area contributed by atoms with Crippen LogP contribution in [-0.4, -0.2) is 42.5 Å². The fraction of sp³-hybridized carbons (Fsp3) is 0.500. The zero-order chi connectivity index (χ0) is 15.8. The standard InChI is InChI=1S/C16H24N4S2.HI/c1-4-17-16(18-9-7-14-12-22-13(2)19-14)20(3)10-8-15-6-5-11-21-15;/h5-6,11-12H,4,7-10H2,1-3H3,(H,17,18);1H. The minimum Gasteiger partial charge on any atom is -0.357 e. The zero-order valence-corrected chi connectivity index (χ0v) is 17.9. The summed E-state index contributed by atoms with van der Waals surface area (Å²) in [6.07, 6.45) is 1.96. The number of nitrogens with one attached hydrogen (secondary N) is 1. The van der Waals surface area contributed by atoms with Crippen LogP contribution in [0.5, 0.6) is 0 Å². The Morgan fingerprint density at radius 3 is 2.78 bits per heavy atom. The third-order valence-electron chi connectivity index (χ3n) is 3.27. The summed E-state index contributed by atoms with van der Waals surface area (Å²) in [6, 6.07) is 4.29. The summed E-state index contributed by atoms with van der Waals surface area (Å²) in [5, 5.41) is 8.74. The maximum Gasteiger partial charge on any atom is 0.193 e. The second-order valence-electron chi connectivity index (χ2n) is 5.09. The van der Waals surface area contributed by atoms with E-state index in [1.165, 1.54) is 4.88 Å². The molecule has 2 aromatic rings. The van der Waals surface area contributed by atoms with E-state index in [-0.39, 0.29) is 24.0 Å². The fourth-order valence-electron chi connectivity index (χ4n) is 2.11. The second-order valence-corrected chi connectivity index (χ2v) is 7.19. The molecule has 0 amide bonds. The lowest BCUT2D eigenvalue weighted by atomic mass is 10.3. The Bertz CT molecular complexity index is 581. The van der Waals surface area contributed by atoms with Crippen LogP contribution >= 0.6 is 46.7 Å². The van der Waals surface area contributed by atoms with E-state index in [1.807, 2.05) is 18.3 Å². The number of thiazole rings is 1. The lowest BCUT2D eigenvalue weighted by Gasteiger charge is -2.21. The molecule has 0 saturated carbocycles. The van der Waals surface area contributed by atoms with Crippen molar-refractivity contribution in [1.29, 1.82) is 0 Å². The van der Waals surface area contributed by atoms with E-state index in [0.29, 0.717) is 0 Å². The van der Waals surface area contributed by atoms with Gasteiger partial charge < -0.3 is 10.2 Å². The molecule has 0 radical (unpaired) electrons. The SMILES string of the molecule is CCNC(=NCCc1csc(C)n1)N(C)CCc1cccs1.I. The van der Waals surface area contributed by atoms with Crippen LogP contribution in [0.25, 0.3) is 0 Å². The van der Waals surface area contributed by atoms with Crippen molar-refractivity contribution >= 4 is 52.6 Å². The Morgan fingerprint density at radius 2 is 2.17 bits per heavy atom. The Hall–Kier alpha value is -0.670. The number of likely N-dealkylation sites (N-methyl/N-ethyl adjacent to an activating group) is 1. The van der Waals surface area contributed by atoms with Crippen LogP contribution in [0.2, 0.25) is 0 Å². The molecule has 4 nitrogen and oxygen atoms in total. The summed E-state index contributed by atoms with van der Waals surface area (Å²) in [5.41, 5.74) is 1.14. The average molecular weight is 464 g/mol. The lowest BCUT2D eigenvalue weighted by Crippen LogP contribution is -2.40. The Kier molecular flexibility index (Phi) is 9.73. The van der Waals surface area contributed by atoms with Gasteiger partial charge in [0.25, 0.3) is 0 Å². The fourth-order valence-corrected chi connectivity index (χ4v) is 3.45. The number of aliphatic imine (C=N–C) groups is 1. The van der Waals surface area contributed by atoms with Crippen LogP contribution < -0.4 is 5.32 Å². The largest absolute Gasteiger partial charge is 0.357 e. The van der Waals surface area contributed by atoms with Gasteiger partial charge in [0.05, 0.1) is 10.7 Å². The van der Waals surface area contributed by atoms with E-state index in [9.17, 15) is 0 Å². The van der Waals surface area contributed by atoms with Crippen LogP contribution in [0.15, 0.2) is 27.9 Å². The van der Waals surface area contributed by atoms with Gasteiger partial charge in [0.2, 0.25) is 0 Å². The van der Waals surface area contributed by atoms with E-state index >= 15 is 0 Å². The van der Waals surface area contributed by atoms with Crippen molar-refractivity contribution in [2.45, 2.75) is 26.7 Å². The quantitative estimate of drug-likeness (QED) is 0.385. The van der Waals surface area contributed by atoms with Gasteiger partial charge in [0.1, 0.15) is 0 Å². The van der Waals surface area contributed by atoms with Gasteiger partial charge in [-0.1, -0.05) is 6.07 Å². The molecule has 2 rings (SSSR count). The highest BCUT2D eigenvalue weighted by atomic mass is 127. The van der Waals surface area contributed by atoms with E-state index in [0.717, 1.165) is 49.1 Å². The predicted octanol–water partition coefficient (Wildman–Crippen LogP) is 3.81. The summed E-state index contributed by atoms with van der Waals surface area (Å²) in [5.74, 6) is 0.978. The van der Waals surface area contributed by atoms with Crippen LogP contribution in [0.1, 0.15) is 22.5 Å². The van der Waals surface area contributed by atoms with Gasteiger partial charge in [0.15, 0.2) is 5.96 Å². The number of hydrogen-bond donors (Lipinski definition) is 1. The van der Waals surface area contributed by atoms with Gasteiger partial charge in [0, 0.05) is 43.4 Å². The number of nitrogens with zero attached hydrogens (tertiary/aromatic N) is 3. The third-order valence-corrected chi connectivity index (χ3v) is 5.02. The maximum atomic E-state index is 4.72. The number of aryl methyl sites for hydroxylation is 1. The van der Waals surface area contributed by atoms with Crippen molar-refractivity contribution in [3.05, 3.63) is 38.5 Å². The van der Waals surface area contributed by atoms with Gasteiger partial charge in [-0.2, -0.15) is 0 Å². The van der Waals surface area contributed by atoms with E-state index in [1.54, 1.807) is 11.3 Å². The van der Waals surface area contributed by atoms with Crippen LogP contribution in [0.4, 0.5) is 0 Å². The maximum absolute atomic E-state index is 4.72. The molecule has 0 aromatic carbocycles. The molecule has 0 fully saturated rings. The molecule has 0 aliphatic heterocycles. The van der Waals surface area contributed by atoms with Crippen molar-refractivity contribution in [3.8, 4) is 0 Å². The van der Waals surface area contributed by atoms with Crippen molar-refractivity contribution in [2.24, 2.45) is 4.99 Å². The van der Waals surface area contributed by atoms with Crippen LogP contribution in [0.3, 0.4) is 0 Å². The Labute approximate surface area is 164 Å². The predicted molar refractivity (Wildman–Crippen MR) is 113 cm³/mol. The molecule has 0 aliphatic rings. The van der Waals surface area contributed by atoms with Crippen molar-refractivity contribution in [2.75, 3.05) is 26.7 Å². The molecule has 0 saturated heterocycles. The smallest absolute Gasteiger partial charge is 0.193 e. The number of guanidine groups is 1. The van der Waals surface area contributed by atoms with E-state index in [2.05, 4.69) is 52.1 Å². The van der Waals surface area contributed by atoms with E-state index < -0.39 is 0 Å². The molecule has 23 heavy (non-hydrogen) atoms. The Balaban J connectivity index is 0.00000264. The van der Waals surface area contributed by atoms with Crippen LogP contribution in [0, 0.1) is 6.92 Å². The molecule has 1 N–H and O–H groups in total. The average Bonchev–Trinajstić information content (AvgIpc) is 3.15. The summed E-state index contributed by atoms with van der Waals surface area (Å²) in [4.78, 5) is 12.8. The van der Waals surface area contributed by atoms with Gasteiger partial charge in [-0.3, -0.25) is 4.99 Å². The van der Waals surface area contributed by atoms with Gasteiger partial charge in [-0.25, -0.2) is 4.98 Å². The first kappa shape index (κ1) is 20.4. The molecule has 7 heteroatoms. The van der Waals surface area contributed by atoms with Crippen molar-refractivity contribution < 1.29 is 0 Å². The van der Waals surface area contributed by atoms with Gasteiger partial charge >= 0.3 is 0 Å². The molecule has 128 valence electrons. The number of rotatable bonds is 7. The zero-order valence-electron chi connectivity index (χ0n) is 13.9. The monoisotopic (exact) mass is 464 g/mol. The molecular weight excluding hydrogens is 439 g/mol. The highest BCUT2D eigenvalue weighted by Crippen LogP contribution is 2.10. The van der Waals surface area contributed by atoms with E-state index in [4.69, 9.17) is 4.99 Å². The first-order valence-corrected chi connectivity index (χ1v) is 9.37. The minimum absolute atomic E-state index is 0. The molecule has 0 spiro atoms. The molecule has 0 aliphatic carbocycles. The minimum atomic E-state index is 0. The molecule has 2 heterocycles. The number of thiophene rings is 1. The highest BCUT2D eigenvalue weighted by Gasteiger charge is 2.06. The van der Waals surface area contributed by atoms with Crippen molar-refractivity contribution in [1.82, 2.24) is 15.2 Å². The highest BCUT2D eigenvalue weighted by molar-refractivity contribution is 14.0. The summed E-state index contributed by atoms with van der Waals surface area (Å²) >= 11 is 3.52. The molecule has 2 aromatic heterocycles. The number of halogens is 1. The summed E-state index contributed by atoms with van der Waals surface area (Å²) in [7, 11) is 2.10. The second kappa shape index (κ2) is 11.0. The molecular formula is C16H25IN4S2. The Morgan fingerprint density at radius 1 is 1.35 bits per heavy atom. The molecule has 0 atom stereocenters. The van der Waals surface area contributed by atoms with Gasteiger partial charge in [-0.05, 0) is 31.7 Å². The first-order chi connectivity index (χ1) is 10.7. The first-order valence-electron chi connectivity index (χ1n) is 7.62. The van der Waals surface area contributed by atoms with Crippen LogP contribution in [-0.2, 0) is 12.8 Å². The third kappa shape index (κ3) is 7.17.